The van der Waals surface area contributed by atoms with E-state index in [4.69, 9.17) is 10.5 Å². The van der Waals surface area contributed by atoms with Crippen LogP contribution in [-0.4, -0.2) is 11.6 Å². The zero-order chi connectivity index (χ0) is 16.2. The Labute approximate surface area is 133 Å². The lowest BCUT2D eigenvalue weighted by Crippen LogP contribution is -2.04. The Morgan fingerprint density at radius 2 is 2.00 bits per heavy atom. The van der Waals surface area contributed by atoms with Gasteiger partial charge in [-0.15, -0.1) is 0 Å². The number of nitrogens with two attached hydrogens (primary N) is 1. The van der Waals surface area contributed by atoms with Crippen LogP contribution in [0, 0.1) is 0 Å². The van der Waals surface area contributed by atoms with Gasteiger partial charge in [0.15, 0.2) is 0 Å². The van der Waals surface area contributed by atoms with Gasteiger partial charge in [0.25, 0.3) is 0 Å². The van der Waals surface area contributed by atoms with Crippen LogP contribution in [0.1, 0.15) is 39.2 Å². The quantitative estimate of drug-likeness (QED) is 0.740. The highest BCUT2D eigenvalue weighted by molar-refractivity contribution is 5.61. The Bertz CT molecular complexity index is 543. The van der Waals surface area contributed by atoms with E-state index in [0.717, 1.165) is 36.4 Å². The fraction of sp³-hybridized carbons (Fsp3) is 0.389. The predicted octanol–water partition coefficient (Wildman–Crippen LogP) is 4.48. The van der Waals surface area contributed by atoms with Gasteiger partial charge in [-0.25, -0.2) is 4.98 Å². The van der Waals surface area contributed by atoms with Gasteiger partial charge in [-0.1, -0.05) is 39.3 Å². The Hall–Kier alpha value is -2.23. The van der Waals surface area contributed by atoms with Crippen LogP contribution in [0.2, 0.25) is 0 Å². The molecule has 1 aromatic carbocycles. The molecule has 0 aliphatic rings. The average Bonchev–Trinajstić information content (AvgIpc) is 2.57. The van der Waals surface area contributed by atoms with Gasteiger partial charge in [0.1, 0.15) is 11.6 Å². The maximum Gasteiger partial charge on any atom is 0.146 e. The van der Waals surface area contributed by atoms with Crippen LogP contribution in [0.5, 0.6) is 5.75 Å². The Kier molecular flexibility index (Phi) is 8.50. The summed E-state index contributed by atoms with van der Waals surface area (Å²) in [7, 11) is 0. The molecule has 0 unspecified atom stereocenters. The van der Waals surface area contributed by atoms with Gasteiger partial charge >= 0.3 is 0 Å². The zero-order valence-corrected chi connectivity index (χ0v) is 13.8. The first-order valence-corrected chi connectivity index (χ1v) is 7.95. The average molecular weight is 301 g/mol. The van der Waals surface area contributed by atoms with E-state index >= 15 is 0 Å². The van der Waals surface area contributed by atoms with Crippen molar-refractivity contribution in [3.8, 4) is 5.75 Å². The number of benzene rings is 1. The fourth-order valence-corrected chi connectivity index (χ4v) is 1.84. The van der Waals surface area contributed by atoms with E-state index in [1.807, 2.05) is 38.1 Å². The van der Waals surface area contributed by atoms with Crippen molar-refractivity contribution in [2.45, 2.75) is 40.2 Å². The first-order valence-electron chi connectivity index (χ1n) is 7.95. The summed E-state index contributed by atoms with van der Waals surface area (Å²) in [4.78, 5) is 4.05. The minimum Gasteiger partial charge on any atom is -0.494 e. The molecule has 3 N–H and O–H groups in total. The number of nitrogens with zero attached hydrogens (tertiary/aromatic N) is 1. The van der Waals surface area contributed by atoms with Crippen molar-refractivity contribution in [3.05, 3.63) is 48.2 Å². The molecule has 22 heavy (non-hydrogen) atoms. The van der Waals surface area contributed by atoms with Gasteiger partial charge in [-0.3, -0.25) is 0 Å². The third-order valence-electron chi connectivity index (χ3n) is 2.99. The number of hydrogen-bond donors (Lipinski definition) is 2. The molecule has 0 bridgehead atoms. The molecular formula is C18H27N3O. The molecular weight excluding hydrogens is 274 g/mol. The summed E-state index contributed by atoms with van der Waals surface area (Å²) in [5.74, 6) is 1.43. The highest BCUT2D eigenvalue weighted by Gasteiger charge is 2.00. The van der Waals surface area contributed by atoms with Crippen LogP contribution in [0.25, 0.3) is 0 Å². The molecule has 4 nitrogen and oxygen atoms in total. The van der Waals surface area contributed by atoms with Crippen molar-refractivity contribution >= 4 is 11.5 Å². The van der Waals surface area contributed by atoms with Crippen molar-refractivity contribution in [2.24, 2.45) is 0 Å². The molecule has 4 heteroatoms. The minimum absolute atomic E-state index is 0.517. The number of aromatic nitrogens is 1. The maximum absolute atomic E-state index is 5.80. The second kappa shape index (κ2) is 10.5. The molecule has 1 aromatic heterocycles. The number of hydrogen-bond acceptors (Lipinski definition) is 4. The van der Waals surface area contributed by atoms with E-state index in [-0.39, 0.29) is 0 Å². The van der Waals surface area contributed by atoms with Gasteiger partial charge in [0, 0.05) is 12.7 Å². The number of rotatable bonds is 7. The van der Waals surface area contributed by atoms with Crippen LogP contribution in [0.3, 0.4) is 0 Å². The SMILES string of the molecule is CC.CCCCOc1cccc(CNc2cccnc2N)c1. The Balaban J connectivity index is 0.00000116. The number of nitrogens with one attached hydrogen (secondary N) is 1. The highest BCUT2D eigenvalue weighted by atomic mass is 16.5. The summed E-state index contributed by atoms with van der Waals surface area (Å²) in [6.07, 6.45) is 3.90. The highest BCUT2D eigenvalue weighted by Crippen LogP contribution is 2.18. The zero-order valence-electron chi connectivity index (χ0n) is 13.8. The van der Waals surface area contributed by atoms with Crippen LogP contribution in [0.4, 0.5) is 11.5 Å². The molecule has 0 spiro atoms. The van der Waals surface area contributed by atoms with Crippen molar-refractivity contribution in [1.29, 1.82) is 0 Å². The van der Waals surface area contributed by atoms with E-state index in [0.29, 0.717) is 12.4 Å². The maximum atomic E-state index is 5.80. The number of nitrogen functional groups attached to an aromatic ring is 1. The third kappa shape index (κ3) is 6.04. The van der Waals surface area contributed by atoms with Crippen molar-refractivity contribution < 1.29 is 4.74 Å². The van der Waals surface area contributed by atoms with E-state index < -0.39 is 0 Å². The molecule has 0 atom stereocenters. The number of ether oxygens (including phenoxy) is 1. The van der Waals surface area contributed by atoms with Gasteiger partial charge in [0.2, 0.25) is 0 Å². The summed E-state index contributed by atoms with van der Waals surface area (Å²) in [6.45, 7) is 7.62. The first-order chi connectivity index (χ1) is 10.8. The second-order valence-electron chi connectivity index (χ2n) is 4.64. The first kappa shape index (κ1) is 17.8. The van der Waals surface area contributed by atoms with E-state index in [9.17, 15) is 0 Å². The summed E-state index contributed by atoms with van der Waals surface area (Å²) in [5.41, 5.74) is 7.80. The summed E-state index contributed by atoms with van der Waals surface area (Å²) >= 11 is 0. The number of anilines is 2. The lowest BCUT2D eigenvalue weighted by atomic mass is 10.2. The largest absolute Gasteiger partial charge is 0.494 e. The molecule has 0 radical (unpaired) electrons. The fourth-order valence-electron chi connectivity index (χ4n) is 1.84. The van der Waals surface area contributed by atoms with Crippen molar-refractivity contribution in [1.82, 2.24) is 4.98 Å². The van der Waals surface area contributed by atoms with E-state index in [1.54, 1.807) is 6.20 Å². The topological polar surface area (TPSA) is 60.2 Å². The van der Waals surface area contributed by atoms with Crippen molar-refractivity contribution in [2.75, 3.05) is 17.7 Å². The summed E-state index contributed by atoms with van der Waals surface area (Å²) < 4.78 is 5.70. The predicted molar refractivity (Wildman–Crippen MR) is 94.2 cm³/mol. The van der Waals surface area contributed by atoms with Crippen LogP contribution < -0.4 is 15.8 Å². The molecule has 0 aliphatic carbocycles. The lowest BCUT2D eigenvalue weighted by molar-refractivity contribution is 0.309. The molecule has 120 valence electrons. The normalized spacial score (nSPS) is 9.59. The third-order valence-corrected chi connectivity index (χ3v) is 2.99. The van der Waals surface area contributed by atoms with Gasteiger partial charge in [-0.05, 0) is 36.2 Å². The summed E-state index contributed by atoms with van der Waals surface area (Å²) in [6, 6.07) is 11.9. The minimum atomic E-state index is 0.517. The van der Waals surface area contributed by atoms with Crippen LogP contribution in [0.15, 0.2) is 42.6 Å². The Morgan fingerprint density at radius 1 is 1.18 bits per heavy atom. The standard InChI is InChI=1S/C16H21N3O.C2H6/c1-2-3-10-20-14-7-4-6-13(11-14)12-19-15-8-5-9-18-16(15)17;1-2/h4-9,11,19H,2-3,10,12H2,1H3,(H2,17,18);1-2H3. The lowest BCUT2D eigenvalue weighted by Gasteiger charge is -2.10. The molecule has 2 rings (SSSR count). The summed E-state index contributed by atoms with van der Waals surface area (Å²) in [5, 5.41) is 3.28. The van der Waals surface area contributed by atoms with Gasteiger partial charge in [0.05, 0.1) is 12.3 Å². The molecule has 0 amide bonds. The molecule has 0 aliphatic heterocycles. The van der Waals surface area contributed by atoms with E-state index in [2.05, 4.69) is 29.4 Å². The Morgan fingerprint density at radius 3 is 2.73 bits per heavy atom. The van der Waals surface area contributed by atoms with Gasteiger partial charge in [-0.2, -0.15) is 0 Å². The van der Waals surface area contributed by atoms with Gasteiger partial charge < -0.3 is 15.8 Å². The molecule has 1 heterocycles. The monoisotopic (exact) mass is 301 g/mol. The van der Waals surface area contributed by atoms with Crippen LogP contribution >= 0.6 is 0 Å². The van der Waals surface area contributed by atoms with E-state index in [1.165, 1.54) is 0 Å². The molecule has 0 fully saturated rings. The molecule has 0 saturated carbocycles. The molecule has 2 aromatic rings. The number of unbranched alkanes of at least 4 members (excludes halogenated alkanes) is 1. The second-order valence-corrected chi connectivity index (χ2v) is 4.64. The molecule has 0 saturated heterocycles. The number of pyridine rings is 1. The smallest absolute Gasteiger partial charge is 0.146 e. The van der Waals surface area contributed by atoms with Crippen molar-refractivity contribution in [3.63, 3.8) is 0 Å². The van der Waals surface area contributed by atoms with Crippen LogP contribution in [-0.2, 0) is 6.54 Å².